The molecular formula is C11H13N4O2Rb. The Balaban J connectivity index is 0.000000917. The molecule has 18 heavy (non-hydrogen) atoms. The average molecular weight is 319 g/mol. The molecule has 2 aromatic rings. The number of nitrogens with zero attached hydrogens (tertiary/aromatic N) is 2. The van der Waals surface area contributed by atoms with E-state index in [4.69, 9.17) is 5.73 Å². The van der Waals surface area contributed by atoms with E-state index in [2.05, 4.69) is 21.0 Å². The summed E-state index contributed by atoms with van der Waals surface area (Å²) in [4.78, 5) is 32.4. The third-order valence-corrected chi connectivity index (χ3v) is 1.88. The summed E-state index contributed by atoms with van der Waals surface area (Å²) < 4.78 is 0. The largest absolute Gasteiger partial charge is 1.00 e. The van der Waals surface area contributed by atoms with Gasteiger partial charge in [-0.05, 0) is 18.7 Å². The molecule has 0 radical (unpaired) electrons. The molecule has 2 rings (SSSR count). The summed E-state index contributed by atoms with van der Waals surface area (Å²) in [5.41, 5.74) is 5.07. The fourth-order valence-electron chi connectivity index (χ4n) is 1.19. The van der Waals surface area contributed by atoms with E-state index in [9.17, 15) is 9.59 Å². The van der Waals surface area contributed by atoms with Crippen LogP contribution in [0.15, 0.2) is 11.0 Å². The van der Waals surface area contributed by atoms with Crippen LogP contribution < -0.4 is 69.5 Å². The van der Waals surface area contributed by atoms with Crippen LogP contribution >= 0.6 is 0 Å². The van der Waals surface area contributed by atoms with Crippen molar-refractivity contribution in [3.8, 4) is 0 Å². The van der Waals surface area contributed by atoms with Gasteiger partial charge in [-0.15, -0.1) is 6.07 Å². The normalized spacial score (nSPS) is 9.06. The minimum atomic E-state index is -0.520. The van der Waals surface area contributed by atoms with Gasteiger partial charge in [-0.2, -0.15) is 0 Å². The van der Waals surface area contributed by atoms with Crippen molar-refractivity contribution >= 4 is 22.8 Å². The Bertz CT molecular complexity index is 610. The first kappa shape index (κ1) is 17.6. The van der Waals surface area contributed by atoms with E-state index in [0.717, 1.165) is 0 Å². The number of hydrogen-bond acceptors (Lipinski definition) is 5. The zero-order valence-corrected chi connectivity index (χ0v) is 15.8. The van der Waals surface area contributed by atoms with E-state index in [1.54, 1.807) is 0 Å². The molecule has 2 heterocycles. The van der Waals surface area contributed by atoms with Gasteiger partial charge in [0.2, 0.25) is 5.95 Å². The smallest absolute Gasteiger partial charge is 0.370 e. The van der Waals surface area contributed by atoms with Gasteiger partial charge in [0.25, 0.3) is 0 Å². The van der Waals surface area contributed by atoms with Crippen LogP contribution in [0.25, 0.3) is 11.0 Å². The van der Waals surface area contributed by atoms with Gasteiger partial charge in [-0.25, -0.2) is 4.98 Å². The van der Waals surface area contributed by atoms with Gasteiger partial charge in [0.15, 0.2) is 5.56 Å². The third kappa shape index (κ3) is 4.05. The summed E-state index contributed by atoms with van der Waals surface area (Å²) in [6, 6.07) is 2.65. The third-order valence-electron chi connectivity index (χ3n) is 1.88. The monoisotopic (exact) mass is 318 g/mol. The topological polar surface area (TPSA) is 102 Å². The maximum Gasteiger partial charge on any atom is 1.00 e. The van der Waals surface area contributed by atoms with E-state index in [1.165, 1.54) is 13.1 Å². The van der Waals surface area contributed by atoms with Crippen molar-refractivity contribution in [3.63, 3.8) is 0 Å². The van der Waals surface area contributed by atoms with Gasteiger partial charge < -0.3 is 20.3 Å². The zero-order valence-electron chi connectivity index (χ0n) is 10.9. The number of anilines is 1. The van der Waals surface area contributed by atoms with E-state index < -0.39 is 5.56 Å². The van der Waals surface area contributed by atoms with Crippen LogP contribution in [0.1, 0.15) is 31.1 Å². The first-order valence-corrected chi connectivity index (χ1v) is 5.16. The molecule has 0 spiro atoms. The van der Waals surface area contributed by atoms with Crippen LogP contribution in [0.3, 0.4) is 0 Å². The van der Waals surface area contributed by atoms with E-state index in [0.29, 0.717) is 5.39 Å². The number of aromatic nitrogens is 3. The number of carbonyl (C=O) groups excluding carboxylic acids is 1. The molecule has 90 valence electrons. The van der Waals surface area contributed by atoms with Gasteiger partial charge in [-0.1, -0.05) is 19.2 Å². The SMILES string of the molecule is CC.CC(=O)c1[c-]c2cnc(N)nc2[nH]c1=O.[Rb+]. The summed E-state index contributed by atoms with van der Waals surface area (Å²) in [6.07, 6.45) is 1.40. The zero-order chi connectivity index (χ0) is 13.0. The Kier molecular flexibility index (Phi) is 7.69. The van der Waals surface area contributed by atoms with Gasteiger partial charge >= 0.3 is 58.2 Å². The molecule has 7 heteroatoms. The Morgan fingerprint density at radius 1 is 1.44 bits per heavy atom. The minimum Gasteiger partial charge on any atom is -0.370 e. The first-order valence-electron chi connectivity index (χ1n) is 5.16. The summed E-state index contributed by atoms with van der Waals surface area (Å²) in [5.74, 6) is -0.294. The molecule has 0 unspecified atom stereocenters. The Hall–Kier alpha value is -0.435. The van der Waals surface area contributed by atoms with Crippen LogP contribution in [0, 0.1) is 6.07 Å². The summed E-state index contributed by atoms with van der Waals surface area (Å²) >= 11 is 0. The van der Waals surface area contributed by atoms with Gasteiger partial charge in [-0.3, -0.25) is 4.98 Å². The Morgan fingerprint density at radius 3 is 2.61 bits per heavy atom. The molecule has 6 nitrogen and oxygen atoms in total. The quantitative estimate of drug-likeness (QED) is 0.465. The Labute approximate surface area is 153 Å². The van der Waals surface area contributed by atoms with Gasteiger partial charge in [0.1, 0.15) is 0 Å². The van der Waals surface area contributed by atoms with Crippen LogP contribution in [0.4, 0.5) is 5.95 Å². The van der Waals surface area contributed by atoms with Crippen LogP contribution in [0.2, 0.25) is 0 Å². The van der Waals surface area contributed by atoms with Crippen molar-refractivity contribution in [3.05, 3.63) is 28.2 Å². The van der Waals surface area contributed by atoms with Crippen LogP contribution in [-0.2, 0) is 0 Å². The molecular weight excluding hydrogens is 306 g/mol. The van der Waals surface area contributed by atoms with E-state index in [-0.39, 0.29) is 81.1 Å². The molecule has 0 aromatic carbocycles. The number of aromatic amines is 1. The number of hydrogen-bond donors (Lipinski definition) is 2. The minimum absolute atomic E-state index is 0. The number of nitrogen functional groups attached to an aromatic ring is 1. The molecule has 0 aliphatic carbocycles. The van der Waals surface area contributed by atoms with Gasteiger partial charge in [0, 0.05) is 0 Å². The van der Waals surface area contributed by atoms with E-state index >= 15 is 0 Å². The molecule has 0 atom stereocenters. The maximum absolute atomic E-state index is 11.4. The number of pyridine rings is 1. The number of nitrogens with two attached hydrogens (primary N) is 1. The number of rotatable bonds is 1. The molecule has 0 bridgehead atoms. The van der Waals surface area contributed by atoms with Crippen molar-refractivity contribution in [2.75, 3.05) is 5.73 Å². The number of ketones is 1. The van der Waals surface area contributed by atoms with Crippen LogP contribution in [-0.4, -0.2) is 20.7 Å². The maximum atomic E-state index is 11.4. The van der Waals surface area contributed by atoms with Crippen LogP contribution in [0.5, 0.6) is 0 Å². The molecule has 0 fully saturated rings. The predicted octanol–water partition coefficient (Wildman–Crippen LogP) is -2.07. The number of fused-ring (bicyclic) bond motifs is 1. The summed E-state index contributed by atoms with van der Waals surface area (Å²) in [6.45, 7) is 5.30. The summed E-state index contributed by atoms with van der Waals surface area (Å²) in [5, 5.41) is 0.453. The van der Waals surface area contributed by atoms with Crippen molar-refractivity contribution in [1.82, 2.24) is 15.0 Å². The molecule has 0 aliphatic heterocycles. The number of carbonyl (C=O) groups is 1. The fraction of sp³-hybridized carbons (Fsp3) is 0.273. The molecule has 0 aliphatic rings. The predicted molar refractivity (Wildman–Crippen MR) is 64.8 cm³/mol. The van der Waals surface area contributed by atoms with Crippen molar-refractivity contribution in [1.29, 1.82) is 0 Å². The summed E-state index contributed by atoms with van der Waals surface area (Å²) in [7, 11) is 0. The standard InChI is InChI=1S/C9H7N4O2.C2H6.Rb/c1-4(14)6-2-5-3-11-9(10)13-7(5)12-8(6)15;1-2;/h3H,1H3,(H3,10,11,12,13,15);1-2H3;/q-1;;+1. The molecule has 2 aromatic heterocycles. The Morgan fingerprint density at radius 2 is 2.06 bits per heavy atom. The van der Waals surface area contributed by atoms with Gasteiger partial charge in [0.05, 0.1) is 11.4 Å². The second kappa shape index (κ2) is 7.88. The van der Waals surface area contributed by atoms with Crippen molar-refractivity contribution < 1.29 is 63.0 Å². The number of H-pyrrole nitrogens is 1. The molecule has 3 N–H and O–H groups in total. The second-order valence-electron chi connectivity index (χ2n) is 3.00. The second-order valence-corrected chi connectivity index (χ2v) is 3.00. The molecule has 0 amide bonds. The fourth-order valence-corrected chi connectivity index (χ4v) is 1.19. The van der Waals surface area contributed by atoms with Crippen molar-refractivity contribution in [2.24, 2.45) is 0 Å². The number of Topliss-reactive ketones (excluding diaryl/α,β-unsaturated/α-hetero) is 1. The molecule has 0 saturated carbocycles. The first-order chi connectivity index (χ1) is 8.08. The van der Waals surface area contributed by atoms with Crippen molar-refractivity contribution in [2.45, 2.75) is 20.8 Å². The number of nitrogens with one attached hydrogen (secondary N) is 1. The average Bonchev–Trinajstić information content (AvgIpc) is 2.30. The molecule has 0 saturated heterocycles. The van der Waals surface area contributed by atoms with E-state index in [1.807, 2.05) is 13.8 Å².